The Labute approximate surface area is 87.4 Å². The lowest BCUT2D eigenvalue weighted by atomic mass is 9.90. The van der Waals surface area contributed by atoms with Gasteiger partial charge in [-0.25, -0.2) is 13.4 Å². The fraction of sp³-hybridized carbons (Fsp3) is 0.556. The van der Waals surface area contributed by atoms with Gasteiger partial charge in [-0.3, -0.25) is 4.79 Å². The molecule has 0 radical (unpaired) electrons. The van der Waals surface area contributed by atoms with Gasteiger partial charge in [0.25, 0.3) is 0 Å². The number of sulfone groups is 1. The predicted octanol–water partition coefficient (Wildman–Crippen LogP) is 0.563. The number of hydrogen-bond acceptors (Lipinski definition) is 5. The number of hydrogen-bond donors (Lipinski definition) is 0. The van der Waals surface area contributed by atoms with E-state index in [1.807, 2.05) is 0 Å². The molecule has 1 saturated heterocycles. The van der Waals surface area contributed by atoms with Crippen molar-refractivity contribution in [1.29, 1.82) is 0 Å². The van der Waals surface area contributed by atoms with Crippen molar-refractivity contribution < 1.29 is 17.6 Å². The van der Waals surface area contributed by atoms with Gasteiger partial charge in [-0.1, -0.05) is 0 Å². The van der Waals surface area contributed by atoms with Crippen LogP contribution in [0.2, 0.25) is 0 Å². The van der Waals surface area contributed by atoms with E-state index in [0.29, 0.717) is 18.6 Å². The number of carbonyl (C=O) groups is 1. The van der Waals surface area contributed by atoms with Gasteiger partial charge in [-0.2, -0.15) is 0 Å². The van der Waals surface area contributed by atoms with Crippen LogP contribution in [-0.4, -0.2) is 31.2 Å². The van der Waals surface area contributed by atoms with Crippen molar-refractivity contribution in [2.24, 2.45) is 0 Å². The van der Waals surface area contributed by atoms with Crippen LogP contribution in [0.25, 0.3) is 0 Å². The van der Waals surface area contributed by atoms with Crippen molar-refractivity contribution >= 4 is 16.1 Å². The lowest BCUT2D eigenvalue weighted by Crippen LogP contribution is -2.23. The van der Waals surface area contributed by atoms with Crippen LogP contribution < -0.4 is 0 Å². The second-order valence-electron chi connectivity index (χ2n) is 4.09. The third-order valence-corrected chi connectivity index (χ3v) is 4.56. The lowest BCUT2D eigenvalue weighted by molar-refractivity contribution is 0.109. The van der Waals surface area contributed by atoms with Crippen LogP contribution in [-0.2, 0) is 15.3 Å². The van der Waals surface area contributed by atoms with Gasteiger partial charge in [0.15, 0.2) is 21.9 Å². The summed E-state index contributed by atoms with van der Waals surface area (Å²) in [5.74, 6) is 0.669. The largest absolute Gasteiger partial charge is 0.437 e. The van der Waals surface area contributed by atoms with Crippen LogP contribution in [0.5, 0.6) is 0 Å². The molecule has 1 aliphatic rings. The fourth-order valence-corrected chi connectivity index (χ4v) is 3.94. The minimum absolute atomic E-state index is 0.0405. The first-order valence-corrected chi connectivity index (χ1v) is 6.39. The number of oxazole rings is 1. The van der Waals surface area contributed by atoms with Crippen molar-refractivity contribution in [3.8, 4) is 0 Å². The summed E-state index contributed by atoms with van der Waals surface area (Å²) in [6, 6.07) is 0. The van der Waals surface area contributed by atoms with E-state index in [1.54, 1.807) is 6.92 Å². The van der Waals surface area contributed by atoms with E-state index in [-0.39, 0.29) is 17.3 Å². The molecule has 2 rings (SSSR count). The number of nitrogens with zero attached hydrogens (tertiary/aromatic N) is 1. The molecular formula is C9H11NO4S. The van der Waals surface area contributed by atoms with Crippen LogP contribution >= 0.6 is 0 Å². The Balaban J connectivity index is 2.35. The zero-order chi connectivity index (χ0) is 11.1. The average Bonchev–Trinajstić information content (AvgIpc) is 2.71. The number of aldehydes is 1. The first kappa shape index (κ1) is 10.4. The molecule has 82 valence electrons. The highest BCUT2D eigenvalue weighted by molar-refractivity contribution is 7.91. The average molecular weight is 229 g/mol. The fourth-order valence-electron chi connectivity index (χ4n) is 1.80. The number of rotatable bonds is 2. The molecule has 5 nitrogen and oxygen atoms in total. The van der Waals surface area contributed by atoms with Gasteiger partial charge in [0.05, 0.1) is 23.1 Å². The van der Waals surface area contributed by atoms with Gasteiger partial charge >= 0.3 is 0 Å². The van der Waals surface area contributed by atoms with E-state index in [4.69, 9.17) is 4.42 Å². The first-order chi connectivity index (χ1) is 6.95. The van der Waals surface area contributed by atoms with Gasteiger partial charge in [0, 0.05) is 0 Å². The van der Waals surface area contributed by atoms with Crippen molar-refractivity contribution in [1.82, 2.24) is 4.98 Å². The maximum atomic E-state index is 11.4. The SMILES string of the molecule is CC1(c2ncc(C=O)o2)CCS(=O)(=O)C1. The van der Waals surface area contributed by atoms with Crippen molar-refractivity contribution in [2.75, 3.05) is 11.5 Å². The van der Waals surface area contributed by atoms with Crippen molar-refractivity contribution in [2.45, 2.75) is 18.8 Å². The summed E-state index contributed by atoms with van der Waals surface area (Å²) < 4.78 is 27.9. The van der Waals surface area contributed by atoms with Gasteiger partial charge in [-0.15, -0.1) is 0 Å². The summed E-state index contributed by atoms with van der Waals surface area (Å²) in [4.78, 5) is 14.4. The molecule has 1 aromatic rings. The van der Waals surface area contributed by atoms with Gasteiger partial charge in [0.2, 0.25) is 5.89 Å². The quantitative estimate of drug-likeness (QED) is 0.692. The van der Waals surface area contributed by atoms with E-state index < -0.39 is 15.3 Å². The molecule has 1 fully saturated rings. The van der Waals surface area contributed by atoms with Gasteiger partial charge in [-0.05, 0) is 13.3 Å². The molecule has 0 saturated carbocycles. The molecule has 15 heavy (non-hydrogen) atoms. The third-order valence-electron chi connectivity index (χ3n) is 2.66. The van der Waals surface area contributed by atoms with Crippen LogP contribution in [0.1, 0.15) is 29.8 Å². The van der Waals surface area contributed by atoms with Crippen molar-refractivity contribution in [3.05, 3.63) is 17.8 Å². The molecule has 1 atom stereocenters. The first-order valence-electron chi connectivity index (χ1n) is 4.57. The Morgan fingerprint density at radius 3 is 2.80 bits per heavy atom. The maximum Gasteiger partial charge on any atom is 0.202 e. The number of aromatic nitrogens is 1. The highest BCUT2D eigenvalue weighted by Gasteiger charge is 2.43. The smallest absolute Gasteiger partial charge is 0.202 e. The summed E-state index contributed by atoms with van der Waals surface area (Å²) >= 11 is 0. The number of carbonyl (C=O) groups excluding carboxylic acids is 1. The Hall–Kier alpha value is -1.17. The van der Waals surface area contributed by atoms with Crippen molar-refractivity contribution in [3.63, 3.8) is 0 Å². The van der Waals surface area contributed by atoms with E-state index >= 15 is 0 Å². The molecule has 0 aliphatic carbocycles. The molecule has 0 aromatic carbocycles. The Morgan fingerprint density at radius 2 is 2.33 bits per heavy atom. The van der Waals surface area contributed by atoms with Gasteiger partial charge < -0.3 is 4.42 Å². The predicted molar refractivity (Wildman–Crippen MR) is 52.5 cm³/mol. The minimum atomic E-state index is -2.99. The van der Waals surface area contributed by atoms with E-state index in [9.17, 15) is 13.2 Å². The molecule has 1 unspecified atom stereocenters. The summed E-state index contributed by atoms with van der Waals surface area (Å²) in [6.07, 6.45) is 2.37. The summed E-state index contributed by atoms with van der Waals surface area (Å²) in [7, 11) is -2.99. The second kappa shape index (κ2) is 3.16. The minimum Gasteiger partial charge on any atom is -0.437 e. The van der Waals surface area contributed by atoms with Crippen LogP contribution in [0.3, 0.4) is 0 Å². The summed E-state index contributed by atoms with van der Waals surface area (Å²) in [6.45, 7) is 1.79. The third kappa shape index (κ3) is 1.81. The summed E-state index contributed by atoms with van der Waals surface area (Å²) in [5, 5.41) is 0. The lowest BCUT2D eigenvalue weighted by Gasteiger charge is -2.16. The van der Waals surface area contributed by atoms with Crippen LogP contribution in [0.15, 0.2) is 10.6 Å². The van der Waals surface area contributed by atoms with E-state index in [2.05, 4.69) is 4.98 Å². The molecule has 0 bridgehead atoms. The zero-order valence-electron chi connectivity index (χ0n) is 8.26. The van der Waals surface area contributed by atoms with E-state index in [1.165, 1.54) is 6.20 Å². The molecule has 0 spiro atoms. The monoisotopic (exact) mass is 229 g/mol. The topological polar surface area (TPSA) is 77.2 Å². The van der Waals surface area contributed by atoms with Crippen LogP contribution in [0, 0.1) is 0 Å². The molecule has 1 aliphatic heterocycles. The Bertz CT molecular complexity index is 490. The second-order valence-corrected chi connectivity index (χ2v) is 6.27. The Kier molecular flexibility index (Phi) is 2.18. The molecular weight excluding hydrogens is 218 g/mol. The highest BCUT2D eigenvalue weighted by atomic mass is 32.2. The molecule has 0 amide bonds. The van der Waals surface area contributed by atoms with Crippen LogP contribution in [0.4, 0.5) is 0 Å². The Morgan fingerprint density at radius 1 is 1.60 bits per heavy atom. The molecule has 1 aromatic heterocycles. The normalized spacial score (nSPS) is 29.1. The van der Waals surface area contributed by atoms with Gasteiger partial charge in [0.1, 0.15) is 0 Å². The molecule has 6 heteroatoms. The highest BCUT2D eigenvalue weighted by Crippen LogP contribution is 2.34. The molecule has 0 N–H and O–H groups in total. The maximum absolute atomic E-state index is 11.4. The zero-order valence-corrected chi connectivity index (χ0v) is 9.08. The standard InChI is InChI=1S/C9H11NO4S/c1-9(2-3-15(12,13)6-9)8-10-4-7(5-11)14-8/h4-5H,2-3,6H2,1H3. The summed E-state index contributed by atoms with van der Waals surface area (Å²) in [5.41, 5.74) is -0.583. The molecule has 2 heterocycles. The van der Waals surface area contributed by atoms with E-state index in [0.717, 1.165) is 0 Å².